The summed E-state index contributed by atoms with van der Waals surface area (Å²) in [5.41, 5.74) is 8.27. The number of hydrogen-bond acceptors (Lipinski definition) is 0. The van der Waals surface area contributed by atoms with Crippen LogP contribution in [0.15, 0.2) is 48.0 Å². The number of hydrogen-bond donors (Lipinski definition) is 0. The van der Waals surface area contributed by atoms with Crippen molar-refractivity contribution in [2.45, 2.75) is 39.5 Å². The molecule has 0 aromatic heterocycles. The molecule has 0 N–H and O–H groups in total. The van der Waals surface area contributed by atoms with Gasteiger partial charge in [-0.15, -0.1) is 0 Å². The molecule has 0 nitrogen and oxygen atoms in total. The summed E-state index contributed by atoms with van der Waals surface area (Å²) in [5.74, 6) is 0.639. The van der Waals surface area contributed by atoms with Crippen molar-refractivity contribution < 1.29 is 20.8 Å². The number of halogens is 2. The molecule has 0 bridgehead atoms. The molecule has 0 saturated carbocycles. The van der Waals surface area contributed by atoms with Crippen LogP contribution < -0.4 is 0 Å². The van der Waals surface area contributed by atoms with Crippen LogP contribution in [0, 0.1) is 6.42 Å². The van der Waals surface area contributed by atoms with E-state index in [2.05, 4.69) is 75.7 Å². The Hall–Kier alpha value is -0.357. The zero-order chi connectivity index (χ0) is 17.5. The van der Waals surface area contributed by atoms with Crippen molar-refractivity contribution in [1.82, 2.24) is 0 Å². The number of rotatable bonds is 4. The van der Waals surface area contributed by atoms with Crippen LogP contribution in [0.25, 0.3) is 17.2 Å². The molecule has 2 aromatic carbocycles. The van der Waals surface area contributed by atoms with Gasteiger partial charge < -0.3 is 0 Å². The molecule has 1 radical (unpaired) electrons. The van der Waals surface area contributed by atoms with Crippen LogP contribution >= 0.6 is 17.0 Å². The monoisotopic (exact) mass is 435 g/mol. The molecule has 0 saturated heterocycles. The van der Waals surface area contributed by atoms with Gasteiger partial charge >= 0.3 is 37.9 Å². The molecule has 3 rings (SSSR count). The van der Waals surface area contributed by atoms with Gasteiger partial charge in [-0.1, -0.05) is 74.9 Å². The summed E-state index contributed by atoms with van der Waals surface area (Å²) in [6.45, 7) is 6.75. The molecule has 1 unspecified atom stereocenters. The first-order valence-electron chi connectivity index (χ1n) is 8.39. The third kappa shape index (κ3) is 4.84. The van der Waals surface area contributed by atoms with Crippen molar-refractivity contribution in [3.05, 3.63) is 71.1 Å². The van der Waals surface area contributed by atoms with Crippen LogP contribution in [-0.4, -0.2) is 0 Å². The van der Waals surface area contributed by atoms with Gasteiger partial charge in [-0.2, -0.15) is 0 Å². The van der Waals surface area contributed by atoms with Crippen molar-refractivity contribution in [1.29, 1.82) is 0 Å². The molecule has 3 heteroatoms. The quantitative estimate of drug-likeness (QED) is 0.462. The molecule has 0 fully saturated rings. The van der Waals surface area contributed by atoms with Gasteiger partial charge in [0.1, 0.15) is 0 Å². The second kappa shape index (κ2) is 9.95. The SMILES string of the molecule is CCC1=Cc2c(cccc2-c2ccc(C(C)CC)cc2)[CH]1.[Cl][Zr][Cl]. The third-order valence-electron chi connectivity index (χ3n) is 4.62. The van der Waals surface area contributed by atoms with Crippen LogP contribution in [0.2, 0.25) is 0 Å². The second-order valence-electron chi connectivity index (χ2n) is 6.03. The molecule has 0 spiro atoms. The second-order valence-corrected chi connectivity index (χ2v) is 9.76. The molecule has 1 aliphatic carbocycles. The fraction of sp³-hybridized carbons (Fsp3) is 0.286. The van der Waals surface area contributed by atoms with Crippen LogP contribution in [0.4, 0.5) is 0 Å². The summed E-state index contributed by atoms with van der Waals surface area (Å²) in [5, 5.41) is 0. The Morgan fingerprint density at radius 3 is 2.25 bits per heavy atom. The Bertz CT molecular complexity index is 689. The Morgan fingerprint density at radius 2 is 1.67 bits per heavy atom. The maximum atomic E-state index is 4.93. The van der Waals surface area contributed by atoms with Gasteiger partial charge in [-0.25, -0.2) is 0 Å². The molecule has 125 valence electrons. The average molecular weight is 438 g/mol. The van der Waals surface area contributed by atoms with Crippen molar-refractivity contribution in [3.63, 3.8) is 0 Å². The van der Waals surface area contributed by atoms with Crippen LogP contribution in [0.1, 0.15) is 56.2 Å². The predicted octanol–water partition coefficient (Wildman–Crippen LogP) is 7.60. The Balaban J connectivity index is 0.000000647. The Labute approximate surface area is 164 Å². The van der Waals surface area contributed by atoms with Gasteiger partial charge in [0.2, 0.25) is 0 Å². The minimum absolute atomic E-state index is 0.639. The van der Waals surface area contributed by atoms with E-state index in [0.29, 0.717) is 5.92 Å². The Morgan fingerprint density at radius 1 is 1.00 bits per heavy atom. The summed E-state index contributed by atoms with van der Waals surface area (Å²) < 4.78 is 0. The first-order valence-corrected chi connectivity index (χ1v) is 14.7. The zero-order valence-electron chi connectivity index (χ0n) is 14.4. The fourth-order valence-corrected chi connectivity index (χ4v) is 2.98. The van der Waals surface area contributed by atoms with E-state index >= 15 is 0 Å². The van der Waals surface area contributed by atoms with Crippen LogP contribution in [0.5, 0.6) is 0 Å². The van der Waals surface area contributed by atoms with E-state index < -0.39 is 20.8 Å². The molecule has 1 aliphatic rings. The molecular weight excluding hydrogens is 414 g/mol. The van der Waals surface area contributed by atoms with Gasteiger partial charge in [0.15, 0.2) is 0 Å². The average Bonchev–Trinajstić information content (AvgIpc) is 3.05. The zero-order valence-corrected chi connectivity index (χ0v) is 18.4. The molecule has 2 aromatic rings. The van der Waals surface area contributed by atoms with Crippen molar-refractivity contribution in [3.8, 4) is 11.1 Å². The number of fused-ring (bicyclic) bond motifs is 1. The van der Waals surface area contributed by atoms with E-state index in [9.17, 15) is 0 Å². The van der Waals surface area contributed by atoms with Gasteiger partial charge in [0, 0.05) is 6.42 Å². The number of allylic oxidation sites excluding steroid dienone is 1. The van der Waals surface area contributed by atoms with Gasteiger partial charge in [-0.05, 0) is 46.6 Å². The normalized spacial score (nSPS) is 13.5. The van der Waals surface area contributed by atoms with Crippen LogP contribution in [0.3, 0.4) is 0 Å². The summed E-state index contributed by atoms with van der Waals surface area (Å²) in [7, 11) is 9.87. The molecule has 1 atom stereocenters. The van der Waals surface area contributed by atoms with E-state index in [-0.39, 0.29) is 0 Å². The van der Waals surface area contributed by atoms with Gasteiger partial charge in [-0.3, -0.25) is 0 Å². The van der Waals surface area contributed by atoms with Gasteiger partial charge in [0.25, 0.3) is 0 Å². The molecule has 24 heavy (non-hydrogen) atoms. The minimum atomic E-state index is -0.826. The standard InChI is InChI=1S/C21H23.2ClH.Zr/c1-4-15(3)17-9-11-18(12-10-17)20-8-6-7-19-13-16(5-2)14-21(19)20;;;/h6-15H,4-5H2,1-3H3;2*1H;/q;;;+2/p-2. The fourth-order valence-electron chi connectivity index (χ4n) is 2.98. The van der Waals surface area contributed by atoms with E-state index in [1.165, 1.54) is 39.8 Å². The summed E-state index contributed by atoms with van der Waals surface area (Å²) in [6, 6.07) is 15.7. The van der Waals surface area contributed by atoms with E-state index in [4.69, 9.17) is 17.0 Å². The third-order valence-corrected chi connectivity index (χ3v) is 4.62. The molecule has 0 heterocycles. The molecule has 0 amide bonds. The first-order chi connectivity index (χ1) is 11.6. The predicted molar refractivity (Wildman–Crippen MR) is 104 cm³/mol. The Kier molecular flexibility index (Phi) is 8.28. The van der Waals surface area contributed by atoms with Crippen LogP contribution in [-0.2, 0) is 20.8 Å². The number of benzene rings is 2. The summed E-state index contributed by atoms with van der Waals surface area (Å²) in [4.78, 5) is 0. The topological polar surface area (TPSA) is 0 Å². The first kappa shape index (κ1) is 20.0. The van der Waals surface area contributed by atoms with Gasteiger partial charge in [0.05, 0.1) is 0 Å². The van der Waals surface area contributed by atoms with E-state index in [0.717, 1.165) is 6.42 Å². The molecular formula is C21H23Cl2Zr. The van der Waals surface area contributed by atoms with Crippen molar-refractivity contribution >= 4 is 23.1 Å². The van der Waals surface area contributed by atoms with Crippen molar-refractivity contribution in [2.75, 3.05) is 0 Å². The van der Waals surface area contributed by atoms with E-state index in [1.807, 2.05) is 0 Å². The van der Waals surface area contributed by atoms with Crippen molar-refractivity contribution in [2.24, 2.45) is 0 Å². The molecule has 0 aliphatic heterocycles. The maximum absolute atomic E-state index is 4.93. The summed E-state index contributed by atoms with van der Waals surface area (Å²) in [6.07, 6.45) is 6.94. The summed E-state index contributed by atoms with van der Waals surface area (Å²) >= 11 is -0.826. The van der Waals surface area contributed by atoms with E-state index in [1.54, 1.807) is 0 Å².